The van der Waals surface area contributed by atoms with E-state index in [-0.39, 0.29) is 11.7 Å². The van der Waals surface area contributed by atoms with Gasteiger partial charge in [0, 0.05) is 42.8 Å². The van der Waals surface area contributed by atoms with Gasteiger partial charge in [0.15, 0.2) is 0 Å². The first-order valence-electron chi connectivity index (χ1n) is 9.70. The molecule has 0 aliphatic carbocycles. The highest BCUT2D eigenvalue weighted by Gasteiger charge is 2.08. The Hall–Kier alpha value is -3.41. The van der Waals surface area contributed by atoms with E-state index in [1.807, 2.05) is 24.3 Å². The van der Waals surface area contributed by atoms with Crippen molar-refractivity contribution in [2.75, 3.05) is 28.6 Å². The van der Waals surface area contributed by atoms with Crippen LogP contribution in [-0.2, 0) is 6.54 Å². The highest BCUT2D eigenvalue weighted by molar-refractivity contribution is 6.04. The van der Waals surface area contributed by atoms with Gasteiger partial charge in [0.2, 0.25) is 0 Å². The van der Waals surface area contributed by atoms with Gasteiger partial charge >= 0.3 is 0 Å². The highest BCUT2D eigenvalue weighted by atomic mass is 19.1. The molecule has 1 amide bonds. The Morgan fingerprint density at radius 3 is 2.34 bits per heavy atom. The molecule has 0 aliphatic heterocycles. The second-order valence-corrected chi connectivity index (χ2v) is 6.55. The summed E-state index contributed by atoms with van der Waals surface area (Å²) >= 11 is 0. The van der Waals surface area contributed by atoms with Gasteiger partial charge in [0.25, 0.3) is 5.91 Å². The summed E-state index contributed by atoms with van der Waals surface area (Å²) in [5.74, 6) is 0.0881. The molecule has 5 nitrogen and oxygen atoms in total. The fraction of sp³-hybridized carbons (Fsp3) is 0.217. The lowest BCUT2D eigenvalue weighted by Crippen LogP contribution is -2.21. The first-order valence-corrected chi connectivity index (χ1v) is 9.70. The Morgan fingerprint density at radius 1 is 1.00 bits per heavy atom. The van der Waals surface area contributed by atoms with Crippen LogP contribution >= 0.6 is 0 Å². The molecular formula is C23H25FN4O. The van der Waals surface area contributed by atoms with Crippen LogP contribution in [0.15, 0.2) is 66.9 Å². The second kappa shape index (κ2) is 9.68. The first-order chi connectivity index (χ1) is 14.1. The molecule has 0 radical (unpaired) electrons. The van der Waals surface area contributed by atoms with Crippen LogP contribution in [0.1, 0.15) is 29.8 Å². The van der Waals surface area contributed by atoms with Crippen LogP contribution in [0.5, 0.6) is 0 Å². The number of hydrogen-bond donors (Lipinski definition) is 2. The van der Waals surface area contributed by atoms with Gasteiger partial charge in [-0.25, -0.2) is 9.37 Å². The van der Waals surface area contributed by atoms with E-state index in [1.54, 1.807) is 30.3 Å². The number of rotatable bonds is 8. The number of nitrogens with zero attached hydrogens (tertiary/aromatic N) is 2. The Labute approximate surface area is 170 Å². The van der Waals surface area contributed by atoms with E-state index in [2.05, 4.69) is 34.4 Å². The molecule has 2 aromatic carbocycles. The van der Waals surface area contributed by atoms with Gasteiger partial charge in [-0.15, -0.1) is 0 Å². The monoisotopic (exact) mass is 392 g/mol. The molecule has 0 spiro atoms. The maximum atomic E-state index is 13.7. The van der Waals surface area contributed by atoms with Crippen LogP contribution in [0.2, 0.25) is 0 Å². The number of nitrogens with one attached hydrogen (secondary N) is 2. The number of carbonyl (C=O) groups excluding carboxylic acids is 1. The lowest BCUT2D eigenvalue weighted by molar-refractivity contribution is 0.102. The molecule has 150 valence electrons. The largest absolute Gasteiger partial charge is 0.372 e. The van der Waals surface area contributed by atoms with Crippen molar-refractivity contribution in [3.8, 4) is 0 Å². The van der Waals surface area contributed by atoms with E-state index in [0.29, 0.717) is 23.5 Å². The van der Waals surface area contributed by atoms with E-state index in [1.165, 1.54) is 12.3 Å². The summed E-state index contributed by atoms with van der Waals surface area (Å²) in [5.41, 5.74) is 2.87. The number of anilines is 3. The van der Waals surface area contributed by atoms with Crippen molar-refractivity contribution >= 4 is 23.1 Å². The Balaban J connectivity index is 1.58. The van der Waals surface area contributed by atoms with Gasteiger partial charge < -0.3 is 15.5 Å². The molecule has 0 aliphatic rings. The van der Waals surface area contributed by atoms with E-state index in [9.17, 15) is 9.18 Å². The zero-order valence-corrected chi connectivity index (χ0v) is 16.7. The molecule has 3 rings (SSSR count). The Bertz CT molecular complexity index is 938. The Kier molecular flexibility index (Phi) is 6.79. The minimum absolute atomic E-state index is 0.228. The van der Waals surface area contributed by atoms with E-state index >= 15 is 0 Å². The molecule has 29 heavy (non-hydrogen) atoms. The maximum Gasteiger partial charge on any atom is 0.257 e. The van der Waals surface area contributed by atoms with Crippen LogP contribution in [0.3, 0.4) is 0 Å². The summed E-state index contributed by atoms with van der Waals surface area (Å²) in [7, 11) is 0. The third kappa shape index (κ3) is 5.31. The molecule has 0 fully saturated rings. The molecule has 0 saturated carbocycles. The van der Waals surface area contributed by atoms with Crippen molar-refractivity contribution in [1.82, 2.24) is 4.98 Å². The summed E-state index contributed by atoms with van der Waals surface area (Å²) in [6.07, 6.45) is 1.50. The second-order valence-electron chi connectivity index (χ2n) is 6.55. The molecule has 0 bridgehead atoms. The summed E-state index contributed by atoms with van der Waals surface area (Å²) in [5, 5.41) is 5.94. The van der Waals surface area contributed by atoms with Crippen molar-refractivity contribution in [3.05, 3.63) is 83.8 Å². The quantitative estimate of drug-likeness (QED) is 0.571. The van der Waals surface area contributed by atoms with Crippen LogP contribution < -0.4 is 15.5 Å². The maximum absolute atomic E-state index is 13.7. The van der Waals surface area contributed by atoms with Crippen molar-refractivity contribution in [2.45, 2.75) is 20.4 Å². The van der Waals surface area contributed by atoms with Crippen molar-refractivity contribution in [3.63, 3.8) is 0 Å². The zero-order valence-electron chi connectivity index (χ0n) is 16.7. The lowest BCUT2D eigenvalue weighted by Gasteiger charge is -2.21. The van der Waals surface area contributed by atoms with Gasteiger partial charge in [-0.1, -0.05) is 18.2 Å². The minimum atomic E-state index is -0.261. The molecule has 0 unspecified atom stereocenters. The van der Waals surface area contributed by atoms with Crippen molar-refractivity contribution in [1.29, 1.82) is 0 Å². The standard InChI is InChI=1S/C23H25FN4O/c1-3-28(4-2)20-12-10-19(11-13-20)27-23(29)18-9-14-22(26-16-18)25-15-17-7-5-6-8-21(17)24/h5-14,16H,3-4,15H2,1-2H3,(H,25,26)(H,27,29). The summed E-state index contributed by atoms with van der Waals surface area (Å²) in [6.45, 7) is 6.42. The SMILES string of the molecule is CCN(CC)c1ccc(NC(=O)c2ccc(NCc3ccccc3F)nc2)cc1. The number of carbonyl (C=O) groups is 1. The molecule has 1 heterocycles. The topological polar surface area (TPSA) is 57.3 Å². The fourth-order valence-electron chi connectivity index (χ4n) is 3.01. The number of amides is 1. The van der Waals surface area contributed by atoms with Crippen molar-refractivity contribution < 1.29 is 9.18 Å². The number of hydrogen-bond acceptors (Lipinski definition) is 4. The Morgan fingerprint density at radius 2 is 1.72 bits per heavy atom. The normalized spacial score (nSPS) is 10.4. The lowest BCUT2D eigenvalue weighted by atomic mass is 10.2. The van der Waals surface area contributed by atoms with E-state index in [0.717, 1.165) is 24.5 Å². The van der Waals surface area contributed by atoms with Gasteiger partial charge in [-0.3, -0.25) is 4.79 Å². The fourth-order valence-corrected chi connectivity index (χ4v) is 3.01. The predicted molar refractivity (Wildman–Crippen MR) is 116 cm³/mol. The van der Waals surface area contributed by atoms with Gasteiger partial charge in [0.1, 0.15) is 11.6 Å². The summed E-state index contributed by atoms with van der Waals surface area (Å²) in [6, 6.07) is 17.8. The molecule has 0 saturated heterocycles. The average molecular weight is 392 g/mol. The number of aromatic nitrogens is 1. The number of pyridine rings is 1. The minimum Gasteiger partial charge on any atom is -0.372 e. The molecule has 3 aromatic rings. The van der Waals surface area contributed by atoms with Gasteiger partial charge in [0.05, 0.1) is 5.56 Å². The van der Waals surface area contributed by atoms with Crippen LogP contribution in [0.4, 0.5) is 21.6 Å². The molecule has 0 atom stereocenters. The van der Waals surface area contributed by atoms with Crippen LogP contribution in [0, 0.1) is 5.82 Å². The zero-order chi connectivity index (χ0) is 20.6. The third-order valence-electron chi connectivity index (χ3n) is 4.70. The third-order valence-corrected chi connectivity index (χ3v) is 4.70. The van der Waals surface area contributed by atoms with Gasteiger partial charge in [-0.05, 0) is 56.3 Å². The van der Waals surface area contributed by atoms with Crippen molar-refractivity contribution in [2.24, 2.45) is 0 Å². The number of halogens is 1. The molecule has 6 heteroatoms. The van der Waals surface area contributed by atoms with E-state index < -0.39 is 0 Å². The smallest absolute Gasteiger partial charge is 0.257 e. The van der Waals surface area contributed by atoms with Gasteiger partial charge in [-0.2, -0.15) is 0 Å². The van der Waals surface area contributed by atoms with E-state index in [4.69, 9.17) is 0 Å². The predicted octanol–water partition coefficient (Wildman–Crippen LogP) is 4.93. The number of benzene rings is 2. The first kappa shape index (κ1) is 20.3. The summed E-state index contributed by atoms with van der Waals surface area (Å²) < 4.78 is 13.7. The molecular weight excluding hydrogens is 367 g/mol. The summed E-state index contributed by atoms with van der Waals surface area (Å²) in [4.78, 5) is 18.9. The van der Waals surface area contributed by atoms with Crippen LogP contribution in [0.25, 0.3) is 0 Å². The average Bonchev–Trinajstić information content (AvgIpc) is 2.75. The molecule has 1 aromatic heterocycles. The highest BCUT2D eigenvalue weighted by Crippen LogP contribution is 2.18. The van der Waals surface area contributed by atoms with Crippen LogP contribution in [-0.4, -0.2) is 24.0 Å². The molecule has 2 N–H and O–H groups in total.